The van der Waals surface area contributed by atoms with Gasteiger partial charge >= 0.3 is 0 Å². The van der Waals surface area contributed by atoms with Gasteiger partial charge in [0.15, 0.2) is 0 Å². The van der Waals surface area contributed by atoms with E-state index in [0.717, 1.165) is 20.9 Å². The molecule has 2 aromatic rings. The van der Waals surface area contributed by atoms with Crippen molar-refractivity contribution in [1.29, 1.82) is 0 Å². The quantitative estimate of drug-likeness (QED) is 0.944. The highest BCUT2D eigenvalue weighted by Crippen LogP contribution is 2.25. The number of nitrogens with two attached hydrogens (primary N) is 1. The number of rotatable bonds is 3. The van der Waals surface area contributed by atoms with E-state index < -0.39 is 0 Å². The van der Waals surface area contributed by atoms with Crippen molar-refractivity contribution < 1.29 is 0 Å². The fraction of sp³-hybridized carbons (Fsp3) is 0.333. The molecule has 0 bridgehead atoms. The van der Waals surface area contributed by atoms with Gasteiger partial charge in [-0.05, 0) is 34.0 Å². The molecule has 0 spiro atoms. The van der Waals surface area contributed by atoms with Gasteiger partial charge in [-0.15, -0.1) is 11.3 Å². The van der Waals surface area contributed by atoms with Crippen molar-refractivity contribution >= 4 is 27.3 Å². The summed E-state index contributed by atoms with van der Waals surface area (Å²) in [7, 11) is 0. The Kier molecular flexibility index (Phi) is 3.91. The van der Waals surface area contributed by atoms with Crippen molar-refractivity contribution in [2.75, 3.05) is 0 Å². The maximum Gasteiger partial charge on any atom is 0.116 e. The van der Waals surface area contributed by atoms with Crippen molar-refractivity contribution in [2.45, 2.75) is 25.8 Å². The Hall–Kier alpha value is -0.780. The molecule has 17 heavy (non-hydrogen) atoms. The number of hydrogen-bond donors (Lipinski definition) is 1. The minimum absolute atomic E-state index is 0.236. The molecule has 0 saturated carbocycles. The van der Waals surface area contributed by atoms with Crippen LogP contribution in [0, 0.1) is 0 Å². The van der Waals surface area contributed by atoms with Crippen LogP contribution in [0.4, 0.5) is 0 Å². The molecule has 2 aromatic heterocycles. The Labute approximate surface area is 113 Å². The molecule has 0 aliphatic heterocycles. The van der Waals surface area contributed by atoms with Crippen LogP contribution in [-0.4, -0.2) is 9.97 Å². The second kappa shape index (κ2) is 5.25. The SMILES string of the molecule is CC(C)c1csc(C(N)c2ccc(Br)cn2)n1. The molecule has 2 N–H and O–H groups in total. The van der Waals surface area contributed by atoms with E-state index in [9.17, 15) is 0 Å². The lowest BCUT2D eigenvalue weighted by molar-refractivity contribution is 0.780. The smallest absolute Gasteiger partial charge is 0.116 e. The number of pyridine rings is 1. The first-order valence-corrected chi connectivity index (χ1v) is 7.07. The van der Waals surface area contributed by atoms with Crippen molar-refractivity contribution in [2.24, 2.45) is 5.73 Å². The highest BCUT2D eigenvalue weighted by molar-refractivity contribution is 9.10. The topological polar surface area (TPSA) is 51.8 Å². The maximum atomic E-state index is 6.15. The number of halogens is 1. The van der Waals surface area contributed by atoms with Crippen LogP contribution in [0.15, 0.2) is 28.2 Å². The molecular formula is C12H14BrN3S. The van der Waals surface area contributed by atoms with Crippen LogP contribution < -0.4 is 5.73 Å². The third kappa shape index (κ3) is 2.91. The first kappa shape index (κ1) is 12.7. The Morgan fingerprint density at radius 3 is 2.59 bits per heavy atom. The van der Waals surface area contributed by atoms with E-state index in [0.29, 0.717) is 5.92 Å². The molecule has 2 rings (SSSR count). The number of nitrogens with zero attached hydrogens (tertiary/aromatic N) is 2. The van der Waals surface area contributed by atoms with Crippen LogP contribution in [0.1, 0.15) is 42.2 Å². The molecule has 0 aromatic carbocycles. The van der Waals surface area contributed by atoms with Gasteiger partial charge in [0.2, 0.25) is 0 Å². The average Bonchev–Trinajstić information content (AvgIpc) is 2.78. The summed E-state index contributed by atoms with van der Waals surface area (Å²) in [5.74, 6) is 0.435. The van der Waals surface area contributed by atoms with Crippen LogP contribution in [0.2, 0.25) is 0 Å². The normalized spacial score (nSPS) is 13.0. The summed E-state index contributed by atoms with van der Waals surface area (Å²) in [5, 5.41) is 2.99. The van der Waals surface area contributed by atoms with E-state index in [-0.39, 0.29) is 6.04 Å². The monoisotopic (exact) mass is 311 g/mol. The minimum atomic E-state index is -0.236. The zero-order valence-corrected chi connectivity index (χ0v) is 12.1. The van der Waals surface area contributed by atoms with Crippen LogP contribution >= 0.6 is 27.3 Å². The fourth-order valence-electron chi connectivity index (χ4n) is 1.41. The molecule has 0 aliphatic carbocycles. The van der Waals surface area contributed by atoms with E-state index in [2.05, 4.69) is 45.1 Å². The molecule has 5 heteroatoms. The van der Waals surface area contributed by atoms with Gasteiger partial charge in [0.05, 0.1) is 17.4 Å². The maximum absolute atomic E-state index is 6.15. The molecule has 0 fully saturated rings. The third-order valence-corrected chi connectivity index (χ3v) is 3.88. The summed E-state index contributed by atoms with van der Waals surface area (Å²) in [6, 6.07) is 3.63. The Morgan fingerprint density at radius 1 is 1.29 bits per heavy atom. The van der Waals surface area contributed by atoms with E-state index in [1.165, 1.54) is 0 Å². The Morgan fingerprint density at radius 2 is 2.06 bits per heavy atom. The molecule has 1 unspecified atom stereocenters. The molecule has 90 valence electrons. The lowest BCUT2D eigenvalue weighted by atomic mass is 10.1. The van der Waals surface area contributed by atoms with E-state index >= 15 is 0 Å². The second-order valence-electron chi connectivity index (χ2n) is 4.14. The van der Waals surface area contributed by atoms with Gasteiger partial charge in [-0.1, -0.05) is 13.8 Å². The molecule has 1 atom stereocenters. The molecule has 0 radical (unpaired) electrons. The Bertz CT molecular complexity index is 493. The van der Waals surface area contributed by atoms with Gasteiger partial charge in [0.25, 0.3) is 0 Å². The first-order valence-electron chi connectivity index (χ1n) is 5.40. The van der Waals surface area contributed by atoms with Gasteiger partial charge in [0, 0.05) is 16.0 Å². The summed E-state index contributed by atoms with van der Waals surface area (Å²) in [6.07, 6.45) is 1.76. The second-order valence-corrected chi connectivity index (χ2v) is 5.95. The average molecular weight is 312 g/mol. The van der Waals surface area contributed by atoms with E-state index in [1.54, 1.807) is 17.5 Å². The predicted molar refractivity (Wildman–Crippen MR) is 74.2 cm³/mol. The van der Waals surface area contributed by atoms with Crippen LogP contribution in [0.25, 0.3) is 0 Å². The number of hydrogen-bond acceptors (Lipinski definition) is 4. The standard InChI is InChI=1S/C12H14BrN3S/c1-7(2)10-6-17-12(16-10)11(14)9-4-3-8(13)5-15-9/h3-7,11H,14H2,1-2H3. The number of aromatic nitrogens is 2. The van der Waals surface area contributed by atoms with Gasteiger partial charge in [-0.2, -0.15) is 0 Å². The van der Waals surface area contributed by atoms with Crippen LogP contribution in [0.3, 0.4) is 0 Å². The van der Waals surface area contributed by atoms with Gasteiger partial charge < -0.3 is 5.73 Å². The number of thiazole rings is 1. The summed E-state index contributed by atoms with van der Waals surface area (Å²) in [4.78, 5) is 8.85. The molecule has 0 amide bonds. The minimum Gasteiger partial charge on any atom is -0.317 e. The lowest BCUT2D eigenvalue weighted by Crippen LogP contribution is -2.13. The molecule has 0 saturated heterocycles. The third-order valence-electron chi connectivity index (χ3n) is 2.47. The van der Waals surface area contributed by atoms with Gasteiger partial charge in [-0.25, -0.2) is 4.98 Å². The Balaban J connectivity index is 2.24. The van der Waals surface area contributed by atoms with Crippen LogP contribution in [0.5, 0.6) is 0 Å². The lowest BCUT2D eigenvalue weighted by Gasteiger charge is -2.07. The van der Waals surface area contributed by atoms with Crippen molar-refractivity contribution in [3.05, 3.63) is 44.6 Å². The zero-order chi connectivity index (χ0) is 12.4. The van der Waals surface area contributed by atoms with Crippen molar-refractivity contribution in [3.8, 4) is 0 Å². The summed E-state index contributed by atoms with van der Waals surface area (Å²) < 4.78 is 0.954. The van der Waals surface area contributed by atoms with Crippen molar-refractivity contribution in [1.82, 2.24) is 9.97 Å². The van der Waals surface area contributed by atoms with E-state index in [1.807, 2.05) is 12.1 Å². The summed E-state index contributed by atoms with van der Waals surface area (Å²) in [5.41, 5.74) is 8.09. The predicted octanol–water partition coefficient (Wildman–Crippen LogP) is 3.47. The zero-order valence-electron chi connectivity index (χ0n) is 9.72. The van der Waals surface area contributed by atoms with Gasteiger partial charge in [0.1, 0.15) is 5.01 Å². The highest BCUT2D eigenvalue weighted by Gasteiger charge is 2.15. The largest absolute Gasteiger partial charge is 0.317 e. The highest BCUT2D eigenvalue weighted by atomic mass is 79.9. The molecule has 3 nitrogen and oxygen atoms in total. The summed E-state index contributed by atoms with van der Waals surface area (Å²) >= 11 is 4.95. The molecule has 0 aliphatic rings. The summed E-state index contributed by atoms with van der Waals surface area (Å²) in [6.45, 7) is 4.25. The molecule has 2 heterocycles. The van der Waals surface area contributed by atoms with Crippen molar-refractivity contribution in [3.63, 3.8) is 0 Å². The van der Waals surface area contributed by atoms with E-state index in [4.69, 9.17) is 5.73 Å². The first-order chi connectivity index (χ1) is 8.08. The fourth-order valence-corrected chi connectivity index (χ4v) is 2.63. The van der Waals surface area contributed by atoms with Crippen LogP contribution in [-0.2, 0) is 0 Å². The van der Waals surface area contributed by atoms with Gasteiger partial charge in [-0.3, -0.25) is 4.98 Å². The molecular weight excluding hydrogens is 298 g/mol.